The van der Waals surface area contributed by atoms with E-state index >= 15 is 0 Å². The maximum Gasteiger partial charge on any atom is 0.174 e. The van der Waals surface area contributed by atoms with Gasteiger partial charge in [-0.05, 0) is 80.5 Å². The molecule has 36 heavy (non-hydrogen) atoms. The highest BCUT2D eigenvalue weighted by Gasteiger charge is 2.43. The minimum Gasteiger partial charge on any atom is -0.497 e. The summed E-state index contributed by atoms with van der Waals surface area (Å²) in [5, 5.41) is 4.18. The molecule has 184 valence electrons. The highest BCUT2D eigenvalue weighted by atomic mass is 32.1. The number of nitrogens with zero attached hydrogens (tertiary/aromatic N) is 3. The van der Waals surface area contributed by atoms with Crippen LogP contribution in [0.3, 0.4) is 0 Å². The zero-order valence-corrected chi connectivity index (χ0v) is 22.0. The topological polar surface area (TPSA) is 51.5 Å². The minimum atomic E-state index is -0.142. The predicted molar refractivity (Wildman–Crippen MR) is 147 cm³/mol. The van der Waals surface area contributed by atoms with E-state index in [0.717, 1.165) is 28.5 Å². The smallest absolute Gasteiger partial charge is 0.174 e. The van der Waals surface area contributed by atoms with Crippen LogP contribution >= 0.6 is 12.2 Å². The molecule has 1 aliphatic rings. The van der Waals surface area contributed by atoms with Crippen molar-refractivity contribution in [2.24, 2.45) is 0 Å². The van der Waals surface area contributed by atoms with E-state index in [2.05, 4.69) is 65.9 Å². The van der Waals surface area contributed by atoms with Crippen LogP contribution in [0.15, 0.2) is 72.9 Å². The number of rotatable bonds is 6. The maximum atomic E-state index is 5.94. The van der Waals surface area contributed by atoms with Gasteiger partial charge in [0.15, 0.2) is 5.11 Å². The summed E-state index contributed by atoms with van der Waals surface area (Å²) < 4.78 is 13.6. The second-order valence-corrected chi connectivity index (χ2v) is 9.37. The summed E-state index contributed by atoms with van der Waals surface area (Å²) in [6.07, 6.45) is 1.82. The Bertz CT molecular complexity index is 1420. The summed E-state index contributed by atoms with van der Waals surface area (Å²) in [7, 11) is 3.32. The van der Waals surface area contributed by atoms with Crippen molar-refractivity contribution in [3.05, 3.63) is 101 Å². The third-order valence-corrected chi connectivity index (χ3v) is 7.20. The molecule has 0 amide bonds. The fourth-order valence-corrected chi connectivity index (χ4v) is 5.53. The Labute approximate surface area is 217 Å². The van der Waals surface area contributed by atoms with E-state index in [4.69, 9.17) is 26.7 Å². The van der Waals surface area contributed by atoms with Gasteiger partial charge in [-0.2, -0.15) is 0 Å². The van der Waals surface area contributed by atoms with Crippen LogP contribution in [0, 0.1) is 20.8 Å². The summed E-state index contributed by atoms with van der Waals surface area (Å²) in [5.74, 6) is 1.42. The van der Waals surface area contributed by atoms with Gasteiger partial charge in [0.2, 0.25) is 0 Å². The van der Waals surface area contributed by atoms with Crippen LogP contribution in [-0.2, 0) is 0 Å². The van der Waals surface area contributed by atoms with Gasteiger partial charge in [-0.25, -0.2) is 0 Å². The lowest BCUT2D eigenvalue weighted by atomic mass is 9.96. The molecule has 6 nitrogen and oxygen atoms in total. The lowest BCUT2D eigenvalue weighted by Gasteiger charge is -2.29. The average molecular weight is 499 g/mol. The first-order valence-electron chi connectivity index (χ1n) is 11.9. The van der Waals surface area contributed by atoms with Gasteiger partial charge in [0.05, 0.1) is 37.7 Å². The van der Waals surface area contributed by atoms with Crippen LogP contribution in [0.25, 0.3) is 5.69 Å². The van der Waals surface area contributed by atoms with Crippen molar-refractivity contribution in [1.82, 2.24) is 14.9 Å². The Morgan fingerprint density at radius 2 is 1.67 bits per heavy atom. The van der Waals surface area contributed by atoms with E-state index in [1.807, 2.05) is 42.6 Å². The first-order chi connectivity index (χ1) is 17.4. The molecule has 2 aromatic heterocycles. The molecule has 1 N–H and O–H groups in total. The van der Waals surface area contributed by atoms with Crippen molar-refractivity contribution in [1.29, 1.82) is 0 Å². The molecule has 0 aliphatic carbocycles. The summed E-state index contributed by atoms with van der Waals surface area (Å²) in [4.78, 5) is 6.84. The Kier molecular flexibility index (Phi) is 6.41. The van der Waals surface area contributed by atoms with Crippen LogP contribution in [0.5, 0.6) is 11.5 Å². The molecule has 5 rings (SSSR count). The number of benzene rings is 2. The number of hydrogen-bond acceptors (Lipinski definition) is 4. The summed E-state index contributed by atoms with van der Waals surface area (Å²) in [6.45, 7) is 6.47. The quantitative estimate of drug-likeness (QED) is 0.330. The van der Waals surface area contributed by atoms with Crippen LogP contribution < -0.4 is 19.7 Å². The number of methoxy groups -OCH3 is 2. The maximum absolute atomic E-state index is 5.94. The molecule has 2 atom stereocenters. The number of aromatic nitrogens is 2. The van der Waals surface area contributed by atoms with Crippen LogP contribution in [0.2, 0.25) is 0 Å². The number of pyridine rings is 1. The lowest BCUT2D eigenvalue weighted by molar-refractivity contribution is 0.394. The van der Waals surface area contributed by atoms with Crippen molar-refractivity contribution >= 4 is 23.0 Å². The molecular weight excluding hydrogens is 468 g/mol. The van der Waals surface area contributed by atoms with Gasteiger partial charge in [-0.3, -0.25) is 4.98 Å². The van der Waals surface area contributed by atoms with Gasteiger partial charge >= 0.3 is 0 Å². The Morgan fingerprint density at radius 1 is 0.889 bits per heavy atom. The molecule has 0 saturated carbocycles. The Hall–Kier alpha value is -3.84. The molecule has 3 heterocycles. The third kappa shape index (κ3) is 3.99. The molecule has 1 saturated heterocycles. The van der Waals surface area contributed by atoms with Crippen LogP contribution in [-0.4, -0.2) is 28.9 Å². The van der Waals surface area contributed by atoms with Gasteiger partial charge in [0, 0.05) is 29.3 Å². The highest BCUT2D eigenvalue weighted by molar-refractivity contribution is 7.80. The van der Waals surface area contributed by atoms with E-state index in [-0.39, 0.29) is 12.1 Å². The van der Waals surface area contributed by atoms with E-state index in [1.54, 1.807) is 14.2 Å². The minimum absolute atomic E-state index is 0.140. The first kappa shape index (κ1) is 23.9. The number of para-hydroxylation sites is 1. The van der Waals surface area contributed by atoms with Crippen molar-refractivity contribution in [3.63, 3.8) is 0 Å². The molecule has 0 bridgehead atoms. The zero-order chi connectivity index (χ0) is 25.4. The predicted octanol–water partition coefficient (Wildman–Crippen LogP) is 5.99. The number of thiocarbonyl (C=S) groups is 1. The molecule has 0 radical (unpaired) electrons. The number of anilines is 1. The first-order valence-corrected chi connectivity index (χ1v) is 12.3. The second-order valence-electron chi connectivity index (χ2n) is 8.98. The monoisotopic (exact) mass is 498 g/mol. The fourth-order valence-electron chi connectivity index (χ4n) is 5.19. The molecule has 0 unspecified atom stereocenters. The lowest BCUT2D eigenvalue weighted by Crippen LogP contribution is -2.30. The third-order valence-electron chi connectivity index (χ3n) is 6.89. The van der Waals surface area contributed by atoms with E-state index in [9.17, 15) is 0 Å². The molecular formula is C29H30N4O2S. The standard InChI is InChI=1S/C29H30N4O2S/c1-18-10-6-7-12-24(18)32-19(2)16-22(20(32)3)28-27(23-11-8-9-15-30-23)31-29(36)33(28)25-14-13-21(34-4)17-26(25)35-5/h6-17,27-28H,1-5H3,(H,31,36)/t27-,28-/m0/s1. The van der Waals surface area contributed by atoms with Crippen molar-refractivity contribution in [3.8, 4) is 17.2 Å². The van der Waals surface area contributed by atoms with Crippen molar-refractivity contribution in [2.45, 2.75) is 32.9 Å². The van der Waals surface area contributed by atoms with E-state index in [0.29, 0.717) is 10.9 Å². The fraction of sp³-hybridized carbons (Fsp3) is 0.241. The number of ether oxygens (including phenoxy) is 2. The second kappa shape index (κ2) is 9.66. The van der Waals surface area contributed by atoms with E-state index in [1.165, 1.54) is 16.8 Å². The van der Waals surface area contributed by atoms with Gasteiger partial charge in [-0.15, -0.1) is 0 Å². The van der Waals surface area contributed by atoms with Crippen molar-refractivity contribution in [2.75, 3.05) is 19.1 Å². The summed E-state index contributed by atoms with van der Waals surface area (Å²) in [6, 6.07) is 22.3. The van der Waals surface area contributed by atoms with Gasteiger partial charge in [0.25, 0.3) is 0 Å². The van der Waals surface area contributed by atoms with Gasteiger partial charge in [0.1, 0.15) is 11.5 Å². The number of hydrogen-bond donors (Lipinski definition) is 1. The van der Waals surface area contributed by atoms with E-state index < -0.39 is 0 Å². The summed E-state index contributed by atoms with van der Waals surface area (Å²) >= 11 is 5.94. The number of nitrogens with one attached hydrogen (secondary N) is 1. The largest absolute Gasteiger partial charge is 0.497 e. The van der Waals surface area contributed by atoms with Crippen molar-refractivity contribution < 1.29 is 9.47 Å². The Morgan fingerprint density at radius 3 is 2.36 bits per heavy atom. The summed E-state index contributed by atoms with van der Waals surface area (Å²) in [5.41, 5.74) is 7.71. The Balaban J connectivity index is 1.71. The highest BCUT2D eigenvalue weighted by Crippen LogP contribution is 2.46. The molecule has 7 heteroatoms. The molecule has 1 aliphatic heterocycles. The van der Waals surface area contributed by atoms with Gasteiger partial charge < -0.3 is 24.3 Å². The van der Waals surface area contributed by atoms with Crippen LogP contribution in [0.4, 0.5) is 5.69 Å². The SMILES string of the molecule is COc1ccc(N2C(=S)N[C@@H](c3ccccn3)[C@@H]2c2cc(C)n(-c3ccccc3C)c2C)c(OC)c1. The molecule has 2 aromatic carbocycles. The zero-order valence-electron chi connectivity index (χ0n) is 21.1. The van der Waals surface area contributed by atoms with Gasteiger partial charge in [-0.1, -0.05) is 24.3 Å². The average Bonchev–Trinajstić information content (AvgIpc) is 3.39. The normalized spacial score (nSPS) is 17.2. The molecule has 4 aromatic rings. The van der Waals surface area contributed by atoms with Crippen LogP contribution in [0.1, 0.15) is 40.3 Å². The molecule has 1 fully saturated rings. The molecule has 0 spiro atoms. The number of aryl methyl sites for hydroxylation is 2.